The summed E-state index contributed by atoms with van der Waals surface area (Å²) in [7, 11) is 0. The van der Waals surface area contributed by atoms with Crippen molar-refractivity contribution in [1.29, 1.82) is 0 Å². The highest BCUT2D eigenvalue weighted by Gasteiger charge is 2.48. The molecule has 1 aliphatic rings. The van der Waals surface area contributed by atoms with E-state index in [2.05, 4.69) is 4.98 Å². The largest absolute Gasteiger partial charge is 0.480 e. The molecular weight excluding hydrogens is 286 g/mol. The fraction of sp³-hybridized carbons (Fsp3) is 0.533. The van der Waals surface area contributed by atoms with Gasteiger partial charge in [-0.1, -0.05) is 6.07 Å². The Labute approximate surface area is 129 Å². The molecule has 0 radical (unpaired) electrons. The lowest BCUT2D eigenvalue weighted by atomic mass is 9.91. The van der Waals surface area contributed by atoms with Gasteiger partial charge in [0.2, 0.25) is 0 Å². The molecule has 0 amide bonds. The number of hydrogen-bond acceptors (Lipinski definition) is 6. The van der Waals surface area contributed by atoms with E-state index in [0.717, 1.165) is 0 Å². The lowest BCUT2D eigenvalue weighted by Gasteiger charge is -2.47. The number of nitrogens with two attached hydrogens (primary N) is 1. The summed E-state index contributed by atoms with van der Waals surface area (Å²) in [5.41, 5.74) is 5.95. The molecule has 120 valence electrons. The number of carboxylic acid groups (broad SMARTS) is 1. The van der Waals surface area contributed by atoms with Gasteiger partial charge < -0.3 is 15.6 Å². The summed E-state index contributed by atoms with van der Waals surface area (Å²) in [6.45, 7) is 5.59. The Morgan fingerprint density at radius 1 is 1.50 bits per heavy atom. The van der Waals surface area contributed by atoms with Crippen molar-refractivity contribution in [1.82, 2.24) is 9.88 Å². The number of carbonyl (C=O) groups is 2. The van der Waals surface area contributed by atoms with Crippen LogP contribution in [0.4, 0.5) is 0 Å². The van der Waals surface area contributed by atoms with E-state index in [1.165, 1.54) is 6.20 Å². The molecule has 2 rings (SSSR count). The number of aromatic nitrogens is 1. The van der Waals surface area contributed by atoms with Gasteiger partial charge in [-0.15, -0.1) is 0 Å². The number of esters is 1. The van der Waals surface area contributed by atoms with Crippen molar-refractivity contribution < 1.29 is 19.4 Å². The maximum Gasteiger partial charge on any atom is 0.325 e. The summed E-state index contributed by atoms with van der Waals surface area (Å²) in [4.78, 5) is 29.1. The molecule has 1 aromatic heterocycles. The van der Waals surface area contributed by atoms with E-state index in [1.54, 1.807) is 44.0 Å². The van der Waals surface area contributed by atoms with Crippen LogP contribution in [0.1, 0.15) is 32.4 Å². The van der Waals surface area contributed by atoms with Crippen LogP contribution in [0.5, 0.6) is 0 Å². The number of carboxylic acids is 1. The minimum absolute atomic E-state index is 0.252. The average molecular weight is 307 g/mol. The molecule has 3 N–H and O–H groups in total. The van der Waals surface area contributed by atoms with Crippen molar-refractivity contribution in [2.24, 2.45) is 11.7 Å². The third-order valence-corrected chi connectivity index (χ3v) is 3.48. The van der Waals surface area contributed by atoms with Gasteiger partial charge in [0, 0.05) is 18.9 Å². The number of hydrogen-bond donors (Lipinski definition) is 2. The highest BCUT2D eigenvalue weighted by molar-refractivity contribution is 5.78. The molecule has 1 aromatic rings. The van der Waals surface area contributed by atoms with Crippen LogP contribution in [0, 0.1) is 5.92 Å². The molecule has 2 heterocycles. The second-order valence-electron chi connectivity index (χ2n) is 6.35. The third kappa shape index (κ3) is 3.42. The van der Waals surface area contributed by atoms with Crippen LogP contribution in [0.3, 0.4) is 0 Å². The molecule has 0 saturated carbocycles. The van der Waals surface area contributed by atoms with Gasteiger partial charge in [0.1, 0.15) is 11.6 Å². The maximum atomic E-state index is 12.0. The fourth-order valence-electron chi connectivity index (χ4n) is 2.43. The fourth-order valence-corrected chi connectivity index (χ4v) is 2.43. The number of rotatable bonds is 4. The van der Waals surface area contributed by atoms with Gasteiger partial charge in [-0.3, -0.25) is 19.5 Å². The Balaban J connectivity index is 2.09. The van der Waals surface area contributed by atoms with Crippen LogP contribution in [-0.4, -0.2) is 45.2 Å². The first-order valence-corrected chi connectivity index (χ1v) is 7.07. The van der Waals surface area contributed by atoms with Crippen LogP contribution >= 0.6 is 0 Å². The van der Waals surface area contributed by atoms with Gasteiger partial charge in [-0.05, 0) is 32.4 Å². The van der Waals surface area contributed by atoms with Crippen LogP contribution < -0.4 is 5.73 Å². The molecule has 0 bridgehead atoms. The second-order valence-corrected chi connectivity index (χ2v) is 6.35. The van der Waals surface area contributed by atoms with Crippen LogP contribution in [-0.2, 0) is 14.3 Å². The Hall–Kier alpha value is -1.99. The molecule has 1 fully saturated rings. The normalized spacial score (nSPS) is 23.5. The zero-order valence-electron chi connectivity index (χ0n) is 12.9. The van der Waals surface area contributed by atoms with E-state index in [1.807, 2.05) is 0 Å². The molecular formula is C15H21N3O4. The quantitative estimate of drug-likeness (QED) is 0.791. The van der Waals surface area contributed by atoms with Gasteiger partial charge in [0.05, 0.1) is 12.1 Å². The molecule has 7 nitrogen and oxygen atoms in total. The van der Waals surface area contributed by atoms with E-state index < -0.39 is 35.7 Å². The molecule has 1 aliphatic heterocycles. The number of likely N-dealkylation sites (tertiary alicyclic amines) is 1. The minimum atomic E-state index is -1.02. The average Bonchev–Trinajstić information content (AvgIpc) is 2.40. The van der Waals surface area contributed by atoms with Gasteiger partial charge in [0.15, 0.2) is 0 Å². The molecule has 3 atom stereocenters. The van der Waals surface area contributed by atoms with Crippen molar-refractivity contribution in [2.75, 3.05) is 6.54 Å². The van der Waals surface area contributed by atoms with E-state index in [-0.39, 0.29) is 6.54 Å². The smallest absolute Gasteiger partial charge is 0.325 e. The predicted molar refractivity (Wildman–Crippen MR) is 78.6 cm³/mol. The number of carbonyl (C=O) groups excluding carboxylic acids is 1. The van der Waals surface area contributed by atoms with Gasteiger partial charge in [0.25, 0.3) is 0 Å². The molecule has 0 aromatic carbocycles. The zero-order chi connectivity index (χ0) is 16.5. The Morgan fingerprint density at radius 3 is 2.64 bits per heavy atom. The standard InChI is InChI=1S/C15H21N3O4/c1-15(2,3)22-14(21)10-8-18(12(10)16)11(13(19)20)9-5-4-6-17-7-9/h4-7,10-12H,8,16H2,1-3H3,(H,19,20)/t10-,11-,12-/m0/s1. The van der Waals surface area contributed by atoms with Crippen molar-refractivity contribution >= 4 is 11.9 Å². The molecule has 7 heteroatoms. The lowest BCUT2D eigenvalue weighted by molar-refractivity contribution is -0.176. The van der Waals surface area contributed by atoms with E-state index in [4.69, 9.17) is 10.5 Å². The number of aliphatic carboxylic acids is 1. The molecule has 0 unspecified atom stereocenters. The third-order valence-electron chi connectivity index (χ3n) is 3.48. The van der Waals surface area contributed by atoms with Crippen LogP contribution in [0.25, 0.3) is 0 Å². The van der Waals surface area contributed by atoms with Crippen LogP contribution in [0.2, 0.25) is 0 Å². The van der Waals surface area contributed by atoms with Crippen molar-refractivity contribution in [3.05, 3.63) is 30.1 Å². The maximum absolute atomic E-state index is 12.0. The second kappa shape index (κ2) is 6.02. The van der Waals surface area contributed by atoms with Crippen molar-refractivity contribution in [3.63, 3.8) is 0 Å². The summed E-state index contributed by atoms with van der Waals surface area (Å²) < 4.78 is 5.30. The first kappa shape index (κ1) is 16.4. The summed E-state index contributed by atoms with van der Waals surface area (Å²) in [6.07, 6.45) is 2.38. The number of nitrogens with zero attached hydrogens (tertiary/aromatic N) is 2. The topological polar surface area (TPSA) is 106 Å². The molecule has 0 aliphatic carbocycles. The summed E-state index contributed by atoms with van der Waals surface area (Å²) in [5.74, 6) is -1.93. The molecule has 22 heavy (non-hydrogen) atoms. The van der Waals surface area contributed by atoms with E-state index in [9.17, 15) is 14.7 Å². The minimum Gasteiger partial charge on any atom is -0.480 e. The van der Waals surface area contributed by atoms with Crippen LogP contribution in [0.15, 0.2) is 24.5 Å². The summed E-state index contributed by atoms with van der Waals surface area (Å²) >= 11 is 0. The van der Waals surface area contributed by atoms with E-state index in [0.29, 0.717) is 5.56 Å². The van der Waals surface area contributed by atoms with Gasteiger partial charge in [-0.25, -0.2) is 0 Å². The number of pyridine rings is 1. The summed E-state index contributed by atoms with van der Waals surface area (Å²) in [6, 6.07) is 2.43. The Bertz CT molecular complexity index is 556. The first-order valence-electron chi connectivity index (χ1n) is 7.07. The van der Waals surface area contributed by atoms with E-state index >= 15 is 0 Å². The zero-order valence-corrected chi connectivity index (χ0v) is 12.9. The molecule has 1 saturated heterocycles. The summed E-state index contributed by atoms with van der Waals surface area (Å²) in [5, 5.41) is 9.45. The van der Waals surface area contributed by atoms with Crippen molar-refractivity contribution in [2.45, 2.75) is 38.6 Å². The highest BCUT2D eigenvalue weighted by atomic mass is 16.6. The lowest BCUT2D eigenvalue weighted by Crippen LogP contribution is -2.66. The highest BCUT2D eigenvalue weighted by Crippen LogP contribution is 2.33. The van der Waals surface area contributed by atoms with Gasteiger partial charge in [-0.2, -0.15) is 0 Å². The Kier molecular flexibility index (Phi) is 4.48. The monoisotopic (exact) mass is 307 g/mol. The SMILES string of the molecule is CC(C)(C)OC(=O)[C@H]1CN([C@H](C(=O)O)c2cccnc2)[C@@H]1N. The predicted octanol–water partition coefficient (Wildman–Crippen LogP) is 0.766. The Morgan fingerprint density at radius 2 is 2.18 bits per heavy atom. The number of ether oxygens (including phenoxy) is 1. The van der Waals surface area contributed by atoms with Gasteiger partial charge >= 0.3 is 11.9 Å². The molecule has 0 spiro atoms. The van der Waals surface area contributed by atoms with Crippen molar-refractivity contribution in [3.8, 4) is 0 Å². The first-order chi connectivity index (χ1) is 10.2.